The number of hydrogen-bond acceptors (Lipinski definition) is 3. The highest BCUT2D eigenvalue weighted by Crippen LogP contribution is 2.30. The first-order valence-electron chi connectivity index (χ1n) is 7.01. The molecule has 0 radical (unpaired) electrons. The van der Waals surface area contributed by atoms with Gasteiger partial charge in [-0.15, -0.1) is 0 Å². The lowest BCUT2D eigenvalue weighted by molar-refractivity contribution is 0.0455. The minimum absolute atomic E-state index is 0.0713. The van der Waals surface area contributed by atoms with Crippen molar-refractivity contribution in [3.8, 4) is 0 Å². The topological polar surface area (TPSA) is 26.7 Å². The Hall–Kier alpha value is -1.06. The van der Waals surface area contributed by atoms with Crippen molar-refractivity contribution in [3.63, 3.8) is 0 Å². The lowest BCUT2D eigenvalue weighted by atomic mass is 9.94. The van der Waals surface area contributed by atoms with E-state index in [1.54, 1.807) is 0 Å². The molecule has 0 saturated carbocycles. The number of aryl methyl sites for hydroxylation is 2. The molecule has 1 saturated heterocycles. The molecule has 1 N–H and O–H groups in total. The monoisotopic (exact) mass is 262 g/mol. The Kier molecular flexibility index (Phi) is 3.88. The van der Waals surface area contributed by atoms with E-state index in [0.29, 0.717) is 0 Å². The maximum Gasteiger partial charge on any atom is 0.0604 e. The maximum atomic E-state index is 9.61. The average molecular weight is 262 g/mol. The SMILES string of the molecule is Cc1ccc(C)c(N2CC(CO)N(C)C(C)(C)C2)c1. The second-order valence-corrected chi connectivity index (χ2v) is 6.43. The zero-order chi connectivity index (χ0) is 14.2. The van der Waals surface area contributed by atoms with Gasteiger partial charge in [-0.05, 0) is 51.9 Å². The Bertz CT molecular complexity index is 456. The Morgan fingerprint density at radius 3 is 2.63 bits per heavy atom. The number of rotatable bonds is 2. The van der Waals surface area contributed by atoms with Gasteiger partial charge in [0, 0.05) is 24.3 Å². The Morgan fingerprint density at radius 2 is 2.00 bits per heavy atom. The van der Waals surface area contributed by atoms with E-state index in [1.807, 2.05) is 0 Å². The van der Waals surface area contributed by atoms with Gasteiger partial charge in [-0.25, -0.2) is 0 Å². The fraction of sp³-hybridized carbons (Fsp3) is 0.625. The van der Waals surface area contributed by atoms with E-state index >= 15 is 0 Å². The third-order valence-electron chi connectivity index (χ3n) is 4.43. The number of piperazine rings is 1. The molecule has 1 heterocycles. The van der Waals surface area contributed by atoms with Crippen molar-refractivity contribution in [2.24, 2.45) is 0 Å². The molecule has 3 nitrogen and oxygen atoms in total. The third-order valence-corrected chi connectivity index (χ3v) is 4.43. The largest absolute Gasteiger partial charge is 0.395 e. The van der Waals surface area contributed by atoms with Gasteiger partial charge in [-0.2, -0.15) is 0 Å². The van der Waals surface area contributed by atoms with Crippen LogP contribution in [0.4, 0.5) is 5.69 Å². The van der Waals surface area contributed by atoms with Crippen LogP contribution < -0.4 is 4.90 Å². The number of aliphatic hydroxyl groups excluding tert-OH is 1. The van der Waals surface area contributed by atoms with Crippen molar-refractivity contribution in [1.29, 1.82) is 0 Å². The van der Waals surface area contributed by atoms with Crippen molar-refractivity contribution in [3.05, 3.63) is 29.3 Å². The van der Waals surface area contributed by atoms with Crippen LogP contribution in [0.2, 0.25) is 0 Å². The van der Waals surface area contributed by atoms with Crippen molar-refractivity contribution in [1.82, 2.24) is 4.90 Å². The molecule has 2 rings (SSSR count). The van der Waals surface area contributed by atoms with Crippen molar-refractivity contribution >= 4 is 5.69 Å². The number of hydrogen-bond donors (Lipinski definition) is 1. The fourth-order valence-corrected chi connectivity index (χ4v) is 2.94. The van der Waals surface area contributed by atoms with Gasteiger partial charge in [-0.1, -0.05) is 12.1 Å². The van der Waals surface area contributed by atoms with E-state index in [9.17, 15) is 5.11 Å². The van der Waals surface area contributed by atoms with E-state index in [2.05, 4.69) is 62.7 Å². The average Bonchev–Trinajstić information content (AvgIpc) is 2.35. The van der Waals surface area contributed by atoms with Crippen LogP contribution in [0.1, 0.15) is 25.0 Å². The summed E-state index contributed by atoms with van der Waals surface area (Å²) in [5.74, 6) is 0. The number of benzene rings is 1. The highest BCUT2D eigenvalue weighted by Gasteiger charge is 2.37. The molecule has 106 valence electrons. The smallest absolute Gasteiger partial charge is 0.0604 e. The summed E-state index contributed by atoms with van der Waals surface area (Å²) in [7, 11) is 2.11. The van der Waals surface area contributed by atoms with Gasteiger partial charge in [0.1, 0.15) is 0 Å². The number of nitrogens with zero attached hydrogens (tertiary/aromatic N) is 2. The summed E-state index contributed by atoms with van der Waals surface area (Å²) in [5.41, 5.74) is 3.97. The molecule has 1 aliphatic rings. The predicted molar refractivity (Wildman–Crippen MR) is 80.8 cm³/mol. The minimum Gasteiger partial charge on any atom is -0.395 e. The third kappa shape index (κ3) is 2.77. The van der Waals surface area contributed by atoms with E-state index in [1.165, 1.54) is 16.8 Å². The second-order valence-electron chi connectivity index (χ2n) is 6.43. The molecule has 3 heteroatoms. The minimum atomic E-state index is 0.0713. The maximum absolute atomic E-state index is 9.61. The molecule has 0 aliphatic carbocycles. The highest BCUT2D eigenvalue weighted by atomic mass is 16.3. The van der Waals surface area contributed by atoms with Gasteiger partial charge in [0.2, 0.25) is 0 Å². The first kappa shape index (κ1) is 14.4. The van der Waals surface area contributed by atoms with E-state index in [0.717, 1.165) is 13.1 Å². The Balaban J connectivity index is 2.32. The molecular weight excluding hydrogens is 236 g/mol. The van der Waals surface area contributed by atoms with Crippen molar-refractivity contribution < 1.29 is 5.11 Å². The lowest BCUT2D eigenvalue weighted by Crippen LogP contribution is -2.63. The molecule has 19 heavy (non-hydrogen) atoms. The van der Waals surface area contributed by atoms with Gasteiger partial charge < -0.3 is 10.0 Å². The number of likely N-dealkylation sites (N-methyl/N-ethyl adjacent to an activating group) is 1. The summed E-state index contributed by atoms with van der Waals surface area (Å²) < 4.78 is 0. The molecule has 1 unspecified atom stereocenters. The summed E-state index contributed by atoms with van der Waals surface area (Å²) in [6.45, 7) is 10.9. The molecular formula is C16H26N2O. The molecule has 1 aromatic carbocycles. The quantitative estimate of drug-likeness (QED) is 0.885. The summed E-state index contributed by atoms with van der Waals surface area (Å²) in [4.78, 5) is 4.72. The van der Waals surface area contributed by atoms with Crippen LogP contribution in [0.15, 0.2) is 18.2 Å². The lowest BCUT2D eigenvalue weighted by Gasteiger charge is -2.50. The Labute approximate surface area is 116 Å². The van der Waals surface area contributed by atoms with Gasteiger partial charge in [0.15, 0.2) is 0 Å². The first-order valence-corrected chi connectivity index (χ1v) is 7.01. The summed E-state index contributed by atoms with van der Waals surface area (Å²) in [6.07, 6.45) is 0. The van der Waals surface area contributed by atoms with Crippen LogP contribution in [-0.4, -0.2) is 48.3 Å². The van der Waals surface area contributed by atoms with Crippen LogP contribution in [0, 0.1) is 13.8 Å². The zero-order valence-electron chi connectivity index (χ0n) is 12.8. The van der Waals surface area contributed by atoms with Crippen molar-refractivity contribution in [2.75, 3.05) is 31.6 Å². The van der Waals surface area contributed by atoms with E-state index in [-0.39, 0.29) is 18.2 Å². The number of anilines is 1. The predicted octanol–water partition coefficient (Wildman–Crippen LogP) is 2.19. The standard InChI is InChI=1S/C16H26N2O/c1-12-6-7-13(2)15(8-12)18-9-14(10-19)17(5)16(3,4)11-18/h6-8,14,19H,9-11H2,1-5H3. The van der Waals surface area contributed by atoms with Crippen LogP contribution in [-0.2, 0) is 0 Å². The van der Waals surface area contributed by atoms with E-state index < -0.39 is 0 Å². The summed E-state index contributed by atoms with van der Waals surface area (Å²) in [6, 6.07) is 6.79. The summed E-state index contributed by atoms with van der Waals surface area (Å²) in [5, 5.41) is 9.61. The first-order chi connectivity index (χ1) is 8.85. The molecule has 0 amide bonds. The molecule has 0 aromatic heterocycles. The Morgan fingerprint density at radius 1 is 1.32 bits per heavy atom. The summed E-state index contributed by atoms with van der Waals surface area (Å²) >= 11 is 0. The molecule has 1 atom stereocenters. The molecule has 1 aliphatic heterocycles. The van der Waals surface area contributed by atoms with Crippen LogP contribution in [0.5, 0.6) is 0 Å². The molecule has 1 fully saturated rings. The molecule has 0 spiro atoms. The van der Waals surface area contributed by atoms with Gasteiger partial charge >= 0.3 is 0 Å². The highest BCUT2D eigenvalue weighted by molar-refractivity contribution is 5.55. The van der Waals surface area contributed by atoms with Gasteiger partial charge in [0.25, 0.3) is 0 Å². The number of aliphatic hydroxyl groups is 1. The molecule has 1 aromatic rings. The van der Waals surface area contributed by atoms with Crippen molar-refractivity contribution in [2.45, 2.75) is 39.3 Å². The normalized spacial score (nSPS) is 23.7. The van der Waals surface area contributed by atoms with Gasteiger partial charge in [0.05, 0.1) is 12.6 Å². The fourth-order valence-electron chi connectivity index (χ4n) is 2.94. The second kappa shape index (κ2) is 5.14. The van der Waals surface area contributed by atoms with Crippen LogP contribution >= 0.6 is 0 Å². The van der Waals surface area contributed by atoms with Gasteiger partial charge in [-0.3, -0.25) is 4.90 Å². The van der Waals surface area contributed by atoms with E-state index in [4.69, 9.17) is 0 Å². The van der Waals surface area contributed by atoms with Crippen LogP contribution in [0.25, 0.3) is 0 Å². The molecule has 0 bridgehead atoms. The van der Waals surface area contributed by atoms with Crippen LogP contribution in [0.3, 0.4) is 0 Å². The zero-order valence-corrected chi connectivity index (χ0v) is 12.8.